The molecule has 0 saturated carbocycles. The minimum absolute atomic E-state index is 0.0256. The number of carbonyl (C=O) groups is 1. The second-order valence-corrected chi connectivity index (χ2v) is 8.30. The normalized spacial score (nSPS) is 11.9. The fraction of sp³-hybridized carbons (Fsp3) is 0.391. The van der Waals surface area contributed by atoms with E-state index in [4.69, 9.17) is 4.74 Å². The Kier molecular flexibility index (Phi) is 7.40. The summed E-state index contributed by atoms with van der Waals surface area (Å²) in [6, 6.07) is 8.24. The Balaban J connectivity index is 2.05. The van der Waals surface area contributed by atoms with Gasteiger partial charge in [-0.3, -0.25) is 9.69 Å². The molecule has 3 aromatic rings. The maximum atomic E-state index is 13.4. The fourth-order valence-corrected chi connectivity index (χ4v) is 4.50. The van der Waals surface area contributed by atoms with Gasteiger partial charge in [0.1, 0.15) is 11.3 Å². The third-order valence-electron chi connectivity index (χ3n) is 5.36. The van der Waals surface area contributed by atoms with E-state index in [9.17, 15) is 18.0 Å². The number of rotatable bonds is 8. The molecule has 0 bridgehead atoms. The average molecular weight is 466 g/mol. The molecule has 0 spiro atoms. The van der Waals surface area contributed by atoms with Crippen molar-refractivity contribution < 1.29 is 22.7 Å². The van der Waals surface area contributed by atoms with Crippen LogP contribution in [0, 0.1) is 6.92 Å². The predicted octanol–water partition coefficient (Wildman–Crippen LogP) is 5.62. The summed E-state index contributed by atoms with van der Waals surface area (Å²) in [5, 5.41) is 0.433. The number of benzene rings is 2. The van der Waals surface area contributed by atoms with Gasteiger partial charge < -0.3 is 9.64 Å². The maximum absolute atomic E-state index is 13.4. The zero-order valence-corrected chi connectivity index (χ0v) is 19.3. The zero-order valence-electron chi connectivity index (χ0n) is 18.5. The van der Waals surface area contributed by atoms with Gasteiger partial charge in [-0.15, -0.1) is 0 Å². The highest BCUT2D eigenvalue weighted by Gasteiger charge is 2.32. The van der Waals surface area contributed by atoms with Crippen LogP contribution in [0.2, 0.25) is 0 Å². The molecule has 32 heavy (non-hydrogen) atoms. The van der Waals surface area contributed by atoms with Gasteiger partial charge in [-0.05, 0) is 49.8 Å². The van der Waals surface area contributed by atoms with Gasteiger partial charge in [0.05, 0.1) is 17.4 Å². The van der Waals surface area contributed by atoms with Crippen molar-refractivity contribution in [2.24, 2.45) is 0 Å². The van der Waals surface area contributed by atoms with Crippen LogP contribution in [0.15, 0.2) is 36.4 Å². The van der Waals surface area contributed by atoms with Crippen molar-refractivity contribution in [2.45, 2.75) is 26.9 Å². The van der Waals surface area contributed by atoms with Crippen LogP contribution < -0.4 is 9.64 Å². The lowest BCUT2D eigenvalue weighted by molar-refractivity contribution is -0.137. The molecule has 3 rings (SSSR count). The van der Waals surface area contributed by atoms with Crippen molar-refractivity contribution >= 4 is 32.6 Å². The van der Waals surface area contributed by atoms with Gasteiger partial charge in [0.25, 0.3) is 5.91 Å². The molecule has 2 aromatic carbocycles. The lowest BCUT2D eigenvalue weighted by atomic mass is 10.1. The van der Waals surface area contributed by atoms with Crippen molar-refractivity contribution in [3.63, 3.8) is 0 Å². The van der Waals surface area contributed by atoms with Crippen LogP contribution in [0.5, 0.6) is 5.75 Å². The highest BCUT2D eigenvalue weighted by molar-refractivity contribution is 7.22. The van der Waals surface area contributed by atoms with Crippen molar-refractivity contribution in [1.82, 2.24) is 9.88 Å². The Bertz CT molecular complexity index is 1090. The molecule has 0 saturated heterocycles. The van der Waals surface area contributed by atoms with E-state index in [0.717, 1.165) is 35.5 Å². The Morgan fingerprint density at radius 3 is 2.47 bits per heavy atom. The van der Waals surface area contributed by atoms with E-state index in [2.05, 4.69) is 9.88 Å². The van der Waals surface area contributed by atoms with Crippen LogP contribution in [0.4, 0.5) is 18.3 Å². The summed E-state index contributed by atoms with van der Waals surface area (Å²) in [7, 11) is 1.55. The van der Waals surface area contributed by atoms with Gasteiger partial charge in [0.15, 0.2) is 5.13 Å². The second kappa shape index (κ2) is 9.87. The number of thiazole rings is 1. The number of hydrogen-bond donors (Lipinski definition) is 0. The monoisotopic (exact) mass is 465 g/mol. The van der Waals surface area contributed by atoms with Crippen LogP contribution >= 0.6 is 11.3 Å². The van der Waals surface area contributed by atoms with Crippen LogP contribution in [-0.4, -0.2) is 49.1 Å². The number of aryl methyl sites for hydroxylation is 1. The van der Waals surface area contributed by atoms with Crippen molar-refractivity contribution in [1.29, 1.82) is 0 Å². The molecule has 0 aliphatic carbocycles. The van der Waals surface area contributed by atoms with Crippen molar-refractivity contribution in [2.75, 3.05) is 38.2 Å². The number of carbonyl (C=O) groups excluding carboxylic acids is 1. The number of ether oxygens (including phenoxy) is 1. The first-order valence-electron chi connectivity index (χ1n) is 10.3. The van der Waals surface area contributed by atoms with Gasteiger partial charge >= 0.3 is 6.18 Å². The second-order valence-electron chi connectivity index (χ2n) is 7.32. The highest BCUT2D eigenvalue weighted by atomic mass is 32.1. The van der Waals surface area contributed by atoms with E-state index in [-0.39, 0.29) is 5.56 Å². The van der Waals surface area contributed by atoms with E-state index < -0.39 is 17.6 Å². The number of aromatic nitrogens is 1. The lowest BCUT2D eigenvalue weighted by Crippen LogP contribution is -2.39. The largest absolute Gasteiger partial charge is 0.494 e. The number of halogens is 3. The SMILES string of the molecule is CCN(CC)CCN(C(=O)c1cccc(C(F)(F)F)c1)c1nc2c(OC)ccc(C)c2s1. The number of likely N-dealkylation sites (N-methyl/N-ethyl adjacent to an activating group) is 1. The van der Waals surface area contributed by atoms with Gasteiger partial charge in [0.2, 0.25) is 0 Å². The first kappa shape index (κ1) is 24.0. The van der Waals surface area contributed by atoms with Crippen LogP contribution in [0.25, 0.3) is 10.2 Å². The molecule has 0 radical (unpaired) electrons. The molecule has 0 N–H and O–H groups in total. The van der Waals surface area contributed by atoms with Gasteiger partial charge in [-0.1, -0.05) is 37.3 Å². The molecule has 0 fully saturated rings. The molecule has 1 amide bonds. The third-order valence-corrected chi connectivity index (χ3v) is 6.57. The summed E-state index contributed by atoms with van der Waals surface area (Å²) in [5.41, 5.74) is 0.744. The van der Waals surface area contributed by atoms with Crippen LogP contribution in [0.1, 0.15) is 35.3 Å². The molecule has 172 valence electrons. The lowest BCUT2D eigenvalue weighted by Gasteiger charge is -2.25. The summed E-state index contributed by atoms with van der Waals surface area (Å²) in [6.07, 6.45) is -4.53. The Labute approximate surface area is 189 Å². The Hall–Kier alpha value is -2.65. The number of nitrogens with zero attached hydrogens (tertiary/aromatic N) is 3. The standard InChI is InChI=1S/C23H26F3N3O2S/c1-5-28(6-2)12-13-29(21(30)16-8-7-9-17(14-16)23(24,25)26)22-27-19-18(31-4)11-10-15(3)20(19)32-22/h7-11,14H,5-6,12-13H2,1-4H3. The number of hydrogen-bond acceptors (Lipinski definition) is 5. The summed E-state index contributed by atoms with van der Waals surface area (Å²) in [4.78, 5) is 21.7. The Morgan fingerprint density at radius 1 is 1.12 bits per heavy atom. The molecule has 1 aromatic heterocycles. The zero-order chi connectivity index (χ0) is 23.5. The maximum Gasteiger partial charge on any atom is 0.416 e. The van der Waals surface area contributed by atoms with Crippen molar-refractivity contribution in [3.05, 3.63) is 53.1 Å². The average Bonchev–Trinajstić information content (AvgIpc) is 3.22. The molecule has 0 unspecified atom stereocenters. The van der Waals surface area contributed by atoms with Gasteiger partial charge in [-0.2, -0.15) is 13.2 Å². The molecule has 0 atom stereocenters. The molecular weight excluding hydrogens is 439 g/mol. The number of alkyl halides is 3. The fourth-order valence-electron chi connectivity index (χ4n) is 3.43. The topological polar surface area (TPSA) is 45.7 Å². The first-order valence-corrected chi connectivity index (χ1v) is 11.2. The summed E-state index contributed by atoms with van der Waals surface area (Å²) in [5.74, 6) is 0.0715. The molecule has 9 heteroatoms. The number of amides is 1. The van der Waals surface area contributed by atoms with Crippen molar-refractivity contribution in [3.8, 4) is 5.75 Å². The highest BCUT2D eigenvalue weighted by Crippen LogP contribution is 2.37. The minimum atomic E-state index is -4.53. The minimum Gasteiger partial charge on any atom is -0.494 e. The first-order chi connectivity index (χ1) is 15.2. The predicted molar refractivity (Wildman–Crippen MR) is 122 cm³/mol. The van der Waals surface area contributed by atoms with E-state index in [1.807, 2.05) is 32.9 Å². The van der Waals surface area contributed by atoms with Gasteiger partial charge in [0, 0.05) is 18.7 Å². The molecule has 0 aliphatic heterocycles. The molecular formula is C23H26F3N3O2S. The van der Waals surface area contributed by atoms with Crippen LogP contribution in [-0.2, 0) is 6.18 Å². The van der Waals surface area contributed by atoms with E-state index in [1.54, 1.807) is 7.11 Å². The smallest absolute Gasteiger partial charge is 0.416 e. The molecule has 1 heterocycles. The molecule has 5 nitrogen and oxygen atoms in total. The quantitative estimate of drug-likeness (QED) is 0.433. The van der Waals surface area contributed by atoms with Gasteiger partial charge in [-0.25, -0.2) is 4.98 Å². The third kappa shape index (κ3) is 5.05. The number of methoxy groups -OCH3 is 1. The van der Waals surface area contributed by atoms with E-state index in [1.165, 1.54) is 28.4 Å². The van der Waals surface area contributed by atoms with E-state index in [0.29, 0.717) is 29.5 Å². The van der Waals surface area contributed by atoms with E-state index >= 15 is 0 Å². The number of fused-ring (bicyclic) bond motifs is 1. The molecule has 0 aliphatic rings. The summed E-state index contributed by atoms with van der Waals surface area (Å²) in [6.45, 7) is 8.47. The summed E-state index contributed by atoms with van der Waals surface area (Å²) < 4.78 is 45.9. The van der Waals surface area contributed by atoms with Crippen LogP contribution in [0.3, 0.4) is 0 Å². The summed E-state index contributed by atoms with van der Waals surface area (Å²) >= 11 is 1.33. The number of anilines is 1. The Morgan fingerprint density at radius 2 is 1.84 bits per heavy atom.